The number of ketones is 1. The molecule has 1 rings (SSSR count). The first-order chi connectivity index (χ1) is 5.97. The smallest absolute Gasteiger partial charge is 0.169 e. The molecule has 0 bridgehead atoms. The molecule has 0 fully saturated rings. The van der Waals surface area contributed by atoms with Gasteiger partial charge in [0.1, 0.15) is 0 Å². The van der Waals surface area contributed by atoms with Crippen LogP contribution in [0.15, 0.2) is 11.4 Å². The second kappa shape index (κ2) is 3.62. The SMILES string of the molecule is CCC(C)(C)C(=O)c1csc(C)c1. The highest BCUT2D eigenvalue weighted by molar-refractivity contribution is 7.10. The molecule has 0 aromatic carbocycles. The fourth-order valence-electron chi connectivity index (χ4n) is 1.11. The first-order valence-electron chi connectivity index (χ1n) is 4.57. The lowest BCUT2D eigenvalue weighted by molar-refractivity contribution is 0.0833. The Balaban J connectivity index is 2.91. The topological polar surface area (TPSA) is 17.1 Å². The number of Topliss-reactive ketones (excluding diaryl/α,β-unsaturated/α-hetero) is 1. The molecule has 0 aliphatic heterocycles. The van der Waals surface area contributed by atoms with Crippen LogP contribution in [0, 0.1) is 12.3 Å². The molecule has 13 heavy (non-hydrogen) atoms. The van der Waals surface area contributed by atoms with Crippen LogP contribution in [0.5, 0.6) is 0 Å². The fraction of sp³-hybridized carbons (Fsp3) is 0.545. The molecule has 0 spiro atoms. The third kappa shape index (κ3) is 2.19. The van der Waals surface area contributed by atoms with Crippen molar-refractivity contribution in [1.29, 1.82) is 0 Å². The van der Waals surface area contributed by atoms with Gasteiger partial charge in [-0.2, -0.15) is 0 Å². The number of rotatable bonds is 3. The molecule has 72 valence electrons. The van der Waals surface area contributed by atoms with E-state index in [0.717, 1.165) is 12.0 Å². The summed E-state index contributed by atoms with van der Waals surface area (Å²) in [6.07, 6.45) is 0.890. The lowest BCUT2D eigenvalue weighted by Crippen LogP contribution is -2.22. The first-order valence-corrected chi connectivity index (χ1v) is 5.45. The van der Waals surface area contributed by atoms with Gasteiger partial charge in [0.2, 0.25) is 0 Å². The van der Waals surface area contributed by atoms with Gasteiger partial charge in [0.05, 0.1) is 0 Å². The van der Waals surface area contributed by atoms with Crippen LogP contribution in [-0.4, -0.2) is 5.78 Å². The number of thiophene rings is 1. The van der Waals surface area contributed by atoms with Gasteiger partial charge in [-0.1, -0.05) is 20.8 Å². The van der Waals surface area contributed by atoms with Crippen molar-refractivity contribution in [3.05, 3.63) is 21.9 Å². The second-order valence-corrected chi connectivity index (χ2v) is 5.13. The first kappa shape index (κ1) is 10.5. The fourth-order valence-corrected chi connectivity index (χ4v) is 1.80. The Morgan fingerprint density at radius 3 is 2.54 bits per heavy atom. The average Bonchev–Trinajstić information content (AvgIpc) is 2.50. The number of hydrogen-bond acceptors (Lipinski definition) is 2. The third-order valence-electron chi connectivity index (χ3n) is 2.49. The van der Waals surface area contributed by atoms with Gasteiger partial charge in [-0.3, -0.25) is 4.79 Å². The van der Waals surface area contributed by atoms with E-state index in [2.05, 4.69) is 6.92 Å². The largest absolute Gasteiger partial charge is 0.294 e. The molecular weight excluding hydrogens is 180 g/mol. The molecule has 0 aliphatic rings. The minimum absolute atomic E-state index is 0.215. The Bertz CT molecular complexity index is 310. The molecule has 0 aliphatic carbocycles. The van der Waals surface area contributed by atoms with Crippen molar-refractivity contribution >= 4 is 17.1 Å². The normalized spacial score (nSPS) is 11.7. The van der Waals surface area contributed by atoms with E-state index in [1.54, 1.807) is 11.3 Å². The summed E-state index contributed by atoms with van der Waals surface area (Å²) in [6.45, 7) is 8.09. The van der Waals surface area contributed by atoms with Crippen LogP contribution in [0.1, 0.15) is 42.4 Å². The highest BCUT2D eigenvalue weighted by Gasteiger charge is 2.26. The van der Waals surface area contributed by atoms with E-state index in [1.165, 1.54) is 4.88 Å². The van der Waals surface area contributed by atoms with Crippen LogP contribution in [0.3, 0.4) is 0 Å². The van der Waals surface area contributed by atoms with Crippen LogP contribution in [0.25, 0.3) is 0 Å². The minimum atomic E-state index is -0.215. The van der Waals surface area contributed by atoms with Crippen molar-refractivity contribution in [2.75, 3.05) is 0 Å². The van der Waals surface area contributed by atoms with Crippen molar-refractivity contribution in [1.82, 2.24) is 0 Å². The zero-order valence-corrected chi connectivity index (χ0v) is 9.49. The second-order valence-electron chi connectivity index (χ2n) is 4.01. The van der Waals surface area contributed by atoms with E-state index in [9.17, 15) is 4.79 Å². The van der Waals surface area contributed by atoms with Crippen LogP contribution >= 0.6 is 11.3 Å². The maximum absolute atomic E-state index is 11.9. The van der Waals surface area contributed by atoms with Crippen LogP contribution < -0.4 is 0 Å². The van der Waals surface area contributed by atoms with Gasteiger partial charge in [0, 0.05) is 21.2 Å². The Hall–Kier alpha value is -0.630. The third-order valence-corrected chi connectivity index (χ3v) is 3.35. The molecule has 1 heterocycles. The number of aryl methyl sites for hydroxylation is 1. The van der Waals surface area contributed by atoms with Crippen molar-refractivity contribution in [3.63, 3.8) is 0 Å². The van der Waals surface area contributed by atoms with E-state index in [-0.39, 0.29) is 11.2 Å². The lowest BCUT2D eigenvalue weighted by Gasteiger charge is -2.19. The van der Waals surface area contributed by atoms with Gasteiger partial charge in [-0.25, -0.2) is 0 Å². The van der Waals surface area contributed by atoms with E-state index >= 15 is 0 Å². The highest BCUT2D eigenvalue weighted by Crippen LogP contribution is 2.27. The van der Waals surface area contributed by atoms with Gasteiger partial charge in [-0.15, -0.1) is 11.3 Å². The summed E-state index contributed by atoms with van der Waals surface area (Å²) in [5.41, 5.74) is 0.655. The summed E-state index contributed by atoms with van der Waals surface area (Å²) >= 11 is 1.64. The summed E-state index contributed by atoms with van der Waals surface area (Å²) in [5.74, 6) is 0.263. The Morgan fingerprint density at radius 2 is 2.15 bits per heavy atom. The molecule has 0 radical (unpaired) electrons. The van der Waals surface area contributed by atoms with Crippen molar-refractivity contribution in [2.24, 2.45) is 5.41 Å². The van der Waals surface area contributed by atoms with Crippen molar-refractivity contribution < 1.29 is 4.79 Å². The van der Waals surface area contributed by atoms with E-state index in [0.29, 0.717) is 0 Å². The van der Waals surface area contributed by atoms with Crippen LogP contribution in [0.4, 0.5) is 0 Å². The molecule has 0 amide bonds. The monoisotopic (exact) mass is 196 g/mol. The van der Waals surface area contributed by atoms with Gasteiger partial charge in [0.15, 0.2) is 5.78 Å². The summed E-state index contributed by atoms with van der Waals surface area (Å²) in [7, 11) is 0. The molecular formula is C11H16OS. The number of carbonyl (C=O) groups is 1. The molecule has 2 heteroatoms. The standard InChI is InChI=1S/C11H16OS/c1-5-11(3,4)10(12)9-6-8(2)13-7-9/h6-7H,5H2,1-4H3. The molecule has 0 N–H and O–H groups in total. The van der Waals surface area contributed by atoms with Gasteiger partial charge >= 0.3 is 0 Å². The summed E-state index contributed by atoms with van der Waals surface area (Å²) in [6, 6.07) is 1.98. The molecule has 1 aromatic rings. The van der Waals surface area contributed by atoms with Crippen molar-refractivity contribution in [2.45, 2.75) is 34.1 Å². The average molecular weight is 196 g/mol. The lowest BCUT2D eigenvalue weighted by atomic mass is 9.83. The molecule has 1 nitrogen and oxygen atoms in total. The summed E-state index contributed by atoms with van der Waals surface area (Å²) < 4.78 is 0. The van der Waals surface area contributed by atoms with Crippen LogP contribution in [-0.2, 0) is 0 Å². The number of hydrogen-bond donors (Lipinski definition) is 0. The zero-order chi connectivity index (χ0) is 10.1. The maximum atomic E-state index is 11.9. The quantitative estimate of drug-likeness (QED) is 0.674. The van der Waals surface area contributed by atoms with E-state index < -0.39 is 0 Å². The molecule has 0 atom stereocenters. The van der Waals surface area contributed by atoms with Crippen LogP contribution in [0.2, 0.25) is 0 Å². The predicted octanol–water partition coefficient (Wildman–Crippen LogP) is 3.68. The van der Waals surface area contributed by atoms with Crippen molar-refractivity contribution in [3.8, 4) is 0 Å². The minimum Gasteiger partial charge on any atom is -0.294 e. The summed E-state index contributed by atoms with van der Waals surface area (Å²) in [5, 5.41) is 1.95. The molecule has 0 saturated heterocycles. The Labute approximate surface area is 83.8 Å². The Kier molecular flexibility index (Phi) is 2.91. The summed E-state index contributed by atoms with van der Waals surface area (Å²) in [4.78, 5) is 13.1. The van der Waals surface area contributed by atoms with Gasteiger partial charge in [0.25, 0.3) is 0 Å². The van der Waals surface area contributed by atoms with E-state index in [1.807, 2.05) is 32.2 Å². The molecule has 0 unspecified atom stereocenters. The van der Waals surface area contributed by atoms with E-state index in [4.69, 9.17) is 0 Å². The Morgan fingerprint density at radius 1 is 1.54 bits per heavy atom. The predicted molar refractivity (Wildman–Crippen MR) is 57.5 cm³/mol. The van der Waals surface area contributed by atoms with Gasteiger partial charge < -0.3 is 0 Å². The number of carbonyl (C=O) groups excluding carboxylic acids is 1. The zero-order valence-electron chi connectivity index (χ0n) is 8.68. The molecule has 1 aromatic heterocycles. The van der Waals surface area contributed by atoms with Gasteiger partial charge in [-0.05, 0) is 19.4 Å². The highest BCUT2D eigenvalue weighted by atomic mass is 32.1. The molecule has 0 saturated carbocycles. The maximum Gasteiger partial charge on any atom is 0.169 e.